The van der Waals surface area contributed by atoms with E-state index in [-0.39, 0.29) is 5.91 Å². The van der Waals surface area contributed by atoms with Crippen LogP contribution in [0.25, 0.3) is 5.69 Å². The molecule has 1 amide bonds. The summed E-state index contributed by atoms with van der Waals surface area (Å²) in [5.74, 6) is -0.246. The van der Waals surface area contributed by atoms with Gasteiger partial charge in [-0.15, -0.1) is 0 Å². The second-order valence-corrected chi connectivity index (χ2v) is 5.99. The van der Waals surface area contributed by atoms with Gasteiger partial charge >= 0.3 is 0 Å². The minimum atomic E-state index is -0.669. The topological polar surface area (TPSA) is 81.4 Å². The number of carbonyl (C=O) groups is 1. The van der Waals surface area contributed by atoms with Crippen molar-refractivity contribution in [2.75, 3.05) is 5.32 Å². The third kappa shape index (κ3) is 3.19. The number of pyridine rings is 1. The lowest BCUT2D eigenvalue weighted by Crippen LogP contribution is -2.28. The fourth-order valence-electron chi connectivity index (χ4n) is 2.76. The summed E-state index contributed by atoms with van der Waals surface area (Å²) in [6.45, 7) is 1.92. The zero-order chi connectivity index (χ0) is 17.9. The molecule has 26 heavy (non-hydrogen) atoms. The van der Waals surface area contributed by atoms with Gasteiger partial charge in [-0.3, -0.25) is 9.78 Å². The molecule has 3 aromatic rings. The van der Waals surface area contributed by atoms with Gasteiger partial charge in [-0.1, -0.05) is 17.3 Å². The lowest BCUT2D eigenvalue weighted by Gasteiger charge is -2.13. The molecule has 0 unspecified atom stereocenters. The highest BCUT2D eigenvalue weighted by Gasteiger charge is 2.29. The molecule has 1 aliphatic rings. The largest absolute Gasteiger partial charge is 0.382 e. The van der Waals surface area contributed by atoms with Gasteiger partial charge in [-0.05, 0) is 37.3 Å². The molecule has 3 heterocycles. The van der Waals surface area contributed by atoms with E-state index in [1.807, 2.05) is 55.6 Å². The number of rotatable bonds is 4. The van der Waals surface area contributed by atoms with Crippen LogP contribution in [0.4, 0.5) is 5.69 Å². The number of amides is 1. The third-order valence-electron chi connectivity index (χ3n) is 4.09. The van der Waals surface area contributed by atoms with E-state index in [2.05, 4.69) is 20.6 Å². The van der Waals surface area contributed by atoms with Crippen LogP contribution in [0.5, 0.6) is 0 Å². The Balaban J connectivity index is 1.48. The first-order chi connectivity index (χ1) is 12.7. The molecule has 1 aromatic carbocycles. The summed E-state index contributed by atoms with van der Waals surface area (Å²) in [5, 5.41) is 11.4. The Bertz CT molecular complexity index is 965. The minimum Gasteiger partial charge on any atom is -0.382 e. The maximum atomic E-state index is 12.6. The lowest BCUT2D eigenvalue weighted by atomic mass is 10.1. The molecule has 1 atom stereocenters. The Morgan fingerprint density at radius 1 is 1.23 bits per heavy atom. The van der Waals surface area contributed by atoms with Crippen molar-refractivity contribution in [3.8, 4) is 5.69 Å². The van der Waals surface area contributed by atoms with Crippen LogP contribution in [0, 0.1) is 6.92 Å². The first-order valence-electron chi connectivity index (χ1n) is 8.26. The van der Waals surface area contributed by atoms with Crippen molar-refractivity contribution in [3.05, 3.63) is 72.3 Å². The maximum absolute atomic E-state index is 12.6. The van der Waals surface area contributed by atoms with Gasteiger partial charge < -0.3 is 10.2 Å². The van der Waals surface area contributed by atoms with Gasteiger partial charge in [0, 0.05) is 30.6 Å². The first-order valence-corrected chi connectivity index (χ1v) is 8.26. The van der Waals surface area contributed by atoms with E-state index in [0.717, 1.165) is 16.9 Å². The van der Waals surface area contributed by atoms with Crippen molar-refractivity contribution in [3.63, 3.8) is 0 Å². The average molecular weight is 347 g/mol. The average Bonchev–Trinajstić information content (AvgIpc) is 3.32. The van der Waals surface area contributed by atoms with Crippen LogP contribution >= 0.6 is 0 Å². The Labute approximate surface area is 150 Å². The standard InChI is InChI=1S/C19H17N5O2/c1-13-8-10-24(22-13)17-7-3-2-6-15(17)21-19(25)18-11-16(23-26-18)14-5-4-9-20-12-14/h2-10,12,18H,11H2,1H3,(H,21,25)/t18-/m0/s1. The zero-order valence-corrected chi connectivity index (χ0v) is 14.2. The number of aryl methyl sites for hydroxylation is 1. The van der Waals surface area contributed by atoms with E-state index in [9.17, 15) is 4.79 Å². The number of hydrogen-bond donors (Lipinski definition) is 1. The van der Waals surface area contributed by atoms with Crippen LogP contribution in [0.15, 0.2) is 66.2 Å². The second kappa shape index (κ2) is 6.79. The molecule has 4 rings (SSSR count). The minimum absolute atomic E-state index is 0.246. The number of nitrogens with one attached hydrogen (secondary N) is 1. The quantitative estimate of drug-likeness (QED) is 0.787. The molecule has 1 aliphatic heterocycles. The van der Waals surface area contributed by atoms with Crippen molar-refractivity contribution in [2.45, 2.75) is 19.4 Å². The number of benzene rings is 1. The third-order valence-corrected chi connectivity index (χ3v) is 4.09. The van der Waals surface area contributed by atoms with Crippen LogP contribution in [0.1, 0.15) is 17.7 Å². The number of hydrogen-bond acceptors (Lipinski definition) is 5. The SMILES string of the molecule is Cc1ccn(-c2ccccc2NC(=O)[C@@H]2CC(c3cccnc3)=NO2)n1. The molecule has 7 heteroatoms. The summed E-state index contributed by atoms with van der Waals surface area (Å²) in [5.41, 5.74) is 3.93. The van der Waals surface area contributed by atoms with Gasteiger partial charge in [0.2, 0.25) is 6.10 Å². The van der Waals surface area contributed by atoms with Gasteiger partial charge in [0.05, 0.1) is 22.8 Å². The van der Waals surface area contributed by atoms with E-state index < -0.39 is 6.10 Å². The van der Waals surface area contributed by atoms with E-state index in [4.69, 9.17) is 4.84 Å². The number of nitrogens with zero attached hydrogens (tertiary/aromatic N) is 4. The molecule has 2 aromatic heterocycles. The molecule has 0 aliphatic carbocycles. The Kier molecular flexibility index (Phi) is 4.18. The summed E-state index contributed by atoms with van der Waals surface area (Å²) in [4.78, 5) is 22.0. The highest BCUT2D eigenvalue weighted by molar-refractivity contribution is 6.06. The Morgan fingerprint density at radius 3 is 2.88 bits per heavy atom. The number of anilines is 1. The fraction of sp³-hybridized carbons (Fsp3) is 0.158. The Hall–Kier alpha value is -3.48. The van der Waals surface area contributed by atoms with Crippen LogP contribution in [-0.2, 0) is 9.63 Å². The predicted octanol–water partition coefficient (Wildman–Crippen LogP) is 2.71. The lowest BCUT2D eigenvalue weighted by molar-refractivity contribution is -0.125. The normalized spacial score (nSPS) is 16.0. The van der Waals surface area contributed by atoms with E-state index in [1.54, 1.807) is 17.1 Å². The molecule has 0 bridgehead atoms. The van der Waals surface area contributed by atoms with Crippen LogP contribution < -0.4 is 5.32 Å². The van der Waals surface area contributed by atoms with Gasteiger partial charge in [-0.2, -0.15) is 5.10 Å². The van der Waals surface area contributed by atoms with E-state index in [0.29, 0.717) is 17.8 Å². The maximum Gasteiger partial charge on any atom is 0.268 e. The highest BCUT2D eigenvalue weighted by atomic mass is 16.6. The van der Waals surface area contributed by atoms with Gasteiger partial charge in [0.15, 0.2) is 0 Å². The van der Waals surface area contributed by atoms with Crippen molar-refractivity contribution in [1.82, 2.24) is 14.8 Å². The summed E-state index contributed by atoms with van der Waals surface area (Å²) in [6, 6.07) is 13.1. The predicted molar refractivity (Wildman–Crippen MR) is 97.2 cm³/mol. The van der Waals surface area contributed by atoms with E-state index in [1.165, 1.54) is 0 Å². The van der Waals surface area contributed by atoms with Crippen molar-refractivity contribution >= 4 is 17.3 Å². The second-order valence-electron chi connectivity index (χ2n) is 5.99. The highest BCUT2D eigenvalue weighted by Crippen LogP contribution is 2.22. The summed E-state index contributed by atoms with van der Waals surface area (Å²) < 4.78 is 1.73. The van der Waals surface area contributed by atoms with Crippen molar-refractivity contribution in [2.24, 2.45) is 5.16 Å². The number of para-hydroxylation sites is 2. The monoisotopic (exact) mass is 347 g/mol. The molecular weight excluding hydrogens is 330 g/mol. The number of aromatic nitrogens is 3. The number of carbonyl (C=O) groups excluding carboxylic acids is 1. The van der Waals surface area contributed by atoms with Crippen molar-refractivity contribution in [1.29, 1.82) is 0 Å². The number of oxime groups is 1. The molecule has 0 saturated carbocycles. The van der Waals surface area contributed by atoms with Gasteiger partial charge in [0.1, 0.15) is 0 Å². The molecule has 0 fully saturated rings. The molecule has 7 nitrogen and oxygen atoms in total. The molecule has 0 radical (unpaired) electrons. The molecule has 1 N–H and O–H groups in total. The van der Waals surface area contributed by atoms with Crippen LogP contribution in [0.2, 0.25) is 0 Å². The van der Waals surface area contributed by atoms with Gasteiger partial charge in [0.25, 0.3) is 5.91 Å². The fourth-order valence-corrected chi connectivity index (χ4v) is 2.76. The van der Waals surface area contributed by atoms with Crippen LogP contribution in [0.3, 0.4) is 0 Å². The summed E-state index contributed by atoms with van der Waals surface area (Å²) >= 11 is 0. The first kappa shape index (κ1) is 16.0. The molecular formula is C19H17N5O2. The smallest absolute Gasteiger partial charge is 0.268 e. The van der Waals surface area contributed by atoms with Crippen molar-refractivity contribution < 1.29 is 9.63 Å². The zero-order valence-electron chi connectivity index (χ0n) is 14.2. The van der Waals surface area contributed by atoms with E-state index >= 15 is 0 Å². The summed E-state index contributed by atoms with van der Waals surface area (Å²) in [6.07, 6.45) is 4.99. The Morgan fingerprint density at radius 2 is 2.12 bits per heavy atom. The molecule has 130 valence electrons. The van der Waals surface area contributed by atoms with Gasteiger partial charge in [-0.25, -0.2) is 4.68 Å². The molecule has 0 saturated heterocycles. The summed E-state index contributed by atoms with van der Waals surface area (Å²) in [7, 11) is 0. The molecule has 0 spiro atoms. The van der Waals surface area contributed by atoms with Crippen LogP contribution in [-0.4, -0.2) is 32.5 Å².